The molecule has 0 radical (unpaired) electrons. The van der Waals surface area contributed by atoms with Gasteiger partial charge in [-0.3, -0.25) is 4.79 Å². The van der Waals surface area contributed by atoms with Crippen molar-refractivity contribution < 1.29 is 13.2 Å². The quantitative estimate of drug-likeness (QED) is 0.824. The van der Waals surface area contributed by atoms with E-state index >= 15 is 0 Å². The molecule has 2 aromatic rings. The maximum atomic E-state index is 12.5. The Hall–Kier alpha value is -2.34. The molecular weight excluding hydrogens is 336 g/mol. The summed E-state index contributed by atoms with van der Waals surface area (Å²) >= 11 is 0. The van der Waals surface area contributed by atoms with Crippen LogP contribution in [0.5, 0.6) is 0 Å². The van der Waals surface area contributed by atoms with E-state index in [0.717, 1.165) is 11.3 Å². The van der Waals surface area contributed by atoms with E-state index in [4.69, 9.17) is 0 Å². The van der Waals surface area contributed by atoms with Crippen molar-refractivity contribution in [2.75, 3.05) is 24.7 Å². The zero-order valence-corrected chi connectivity index (χ0v) is 15.6. The Morgan fingerprint density at radius 3 is 2.48 bits per heavy atom. The Balaban J connectivity index is 2.18. The monoisotopic (exact) mass is 360 g/mol. The summed E-state index contributed by atoms with van der Waals surface area (Å²) in [5.41, 5.74) is 2.19. The van der Waals surface area contributed by atoms with Crippen LogP contribution in [0.15, 0.2) is 53.4 Å². The van der Waals surface area contributed by atoms with Crippen LogP contribution in [0, 0.1) is 0 Å². The normalized spacial score (nSPS) is 11.2. The van der Waals surface area contributed by atoms with Crippen LogP contribution < -0.4 is 10.2 Å². The number of nitrogens with one attached hydrogen (secondary N) is 1. The van der Waals surface area contributed by atoms with Gasteiger partial charge in [0.2, 0.25) is 0 Å². The van der Waals surface area contributed by atoms with Gasteiger partial charge in [-0.05, 0) is 36.2 Å². The second-order valence-electron chi connectivity index (χ2n) is 6.06. The summed E-state index contributed by atoms with van der Waals surface area (Å²) in [7, 11) is 0.447. The van der Waals surface area contributed by atoms with Gasteiger partial charge in [-0.15, -0.1) is 0 Å². The summed E-state index contributed by atoms with van der Waals surface area (Å²) in [5, 5.41) is 2.81. The third-order valence-electron chi connectivity index (χ3n) is 3.82. The van der Waals surface area contributed by atoms with Crippen molar-refractivity contribution in [1.29, 1.82) is 0 Å². The summed E-state index contributed by atoms with van der Waals surface area (Å²) in [4.78, 5) is 14.6. The maximum Gasteiger partial charge on any atom is 0.252 e. The highest BCUT2D eigenvalue weighted by Gasteiger charge is 2.21. The minimum absolute atomic E-state index is 0.0299. The van der Waals surface area contributed by atoms with Crippen molar-refractivity contribution in [3.8, 4) is 0 Å². The highest BCUT2D eigenvalue weighted by Crippen LogP contribution is 2.18. The van der Waals surface area contributed by atoms with E-state index in [-0.39, 0.29) is 22.1 Å². The fourth-order valence-electron chi connectivity index (χ4n) is 2.53. The topological polar surface area (TPSA) is 66.5 Å². The Morgan fingerprint density at radius 1 is 1.08 bits per heavy atom. The first-order chi connectivity index (χ1) is 11.8. The van der Waals surface area contributed by atoms with Crippen LogP contribution in [0.3, 0.4) is 0 Å². The number of carbonyl (C=O) groups is 1. The Labute approximate surface area is 149 Å². The van der Waals surface area contributed by atoms with Gasteiger partial charge in [0, 0.05) is 26.3 Å². The number of rotatable bonds is 7. The van der Waals surface area contributed by atoms with Crippen molar-refractivity contribution in [1.82, 2.24) is 5.32 Å². The number of hydrogen-bond donors (Lipinski definition) is 1. The van der Waals surface area contributed by atoms with Gasteiger partial charge >= 0.3 is 0 Å². The molecule has 5 nitrogen and oxygen atoms in total. The molecule has 0 aliphatic carbocycles. The number of hydrogen-bond acceptors (Lipinski definition) is 4. The van der Waals surface area contributed by atoms with Crippen LogP contribution in [0.25, 0.3) is 0 Å². The molecule has 0 spiro atoms. The third kappa shape index (κ3) is 4.82. The Bertz CT molecular complexity index is 845. The highest BCUT2D eigenvalue weighted by atomic mass is 32.2. The summed E-state index contributed by atoms with van der Waals surface area (Å²) in [6, 6.07) is 14.2. The van der Waals surface area contributed by atoms with E-state index in [0.29, 0.717) is 13.0 Å². The van der Waals surface area contributed by atoms with Crippen molar-refractivity contribution in [2.24, 2.45) is 0 Å². The molecule has 0 saturated carbocycles. The minimum atomic E-state index is -3.45. The Morgan fingerprint density at radius 2 is 1.80 bits per heavy atom. The first kappa shape index (κ1) is 19.0. The molecule has 0 aliphatic rings. The van der Waals surface area contributed by atoms with Gasteiger partial charge in [0.05, 0.1) is 16.2 Å². The van der Waals surface area contributed by atoms with Gasteiger partial charge < -0.3 is 10.2 Å². The van der Waals surface area contributed by atoms with E-state index in [2.05, 4.69) is 5.32 Å². The van der Waals surface area contributed by atoms with Crippen LogP contribution in [0.1, 0.15) is 29.3 Å². The summed E-state index contributed by atoms with van der Waals surface area (Å²) in [6.07, 6.45) is 0.510. The molecule has 2 aromatic carbocycles. The summed E-state index contributed by atoms with van der Waals surface area (Å²) in [6.45, 7) is 2.14. The summed E-state index contributed by atoms with van der Waals surface area (Å²) < 4.78 is 24.7. The fraction of sp³-hybridized carbons (Fsp3) is 0.316. The molecule has 0 aliphatic heterocycles. The molecule has 6 heteroatoms. The molecule has 134 valence electrons. The second-order valence-corrected chi connectivity index (χ2v) is 8.14. The van der Waals surface area contributed by atoms with Crippen LogP contribution in [-0.4, -0.2) is 34.2 Å². The second kappa shape index (κ2) is 8.16. The lowest BCUT2D eigenvalue weighted by Gasteiger charge is -2.14. The van der Waals surface area contributed by atoms with Crippen molar-refractivity contribution >= 4 is 21.4 Å². The van der Waals surface area contributed by atoms with Gasteiger partial charge in [0.15, 0.2) is 9.84 Å². The molecule has 1 amide bonds. The number of nitrogens with zero attached hydrogens (tertiary/aromatic N) is 1. The molecule has 0 saturated heterocycles. The first-order valence-corrected chi connectivity index (χ1v) is 9.86. The van der Waals surface area contributed by atoms with E-state index in [9.17, 15) is 13.2 Å². The van der Waals surface area contributed by atoms with Gasteiger partial charge in [0.25, 0.3) is 5.91 Å². The van der Waals surface area contributed by atoms with Crippen LogP contribution in [0.2, 0.25) is 0 Å². The van der Waals surface area contributed by atoms with E-state index in [1.807, 2.05) is 43.3 Å². The lowest BCUT2D eigenvalue weighted by Crippen LogP contribution is -2.25. The largest absolute Gasteiger partial charge is 0.378 e. The fourth-order valence-corrected chi connectivity index (χ4v) is 4.07. The minimum Gasteiger partial charge on any atom is -0.378 e. The first-order valence-electron chi connectivity index (χ1n) is 8.21. The van der Waals surface area contributed by atoms with Crippen molar-refractivity contribution in [3.63, 3.8) is 0 Å². The van der Waals surface area contributed by atoms with Gasteiger partial charge in [-0.25, -0.2) is 8.42 Å². The smallest absolute Gasteiger partial charge is 0.252 e. The van der Waals surface area contributed by atoms with Crippen LogP contribution in [-0.2, 0) is 16.4 Å². The van der Waals surface area contributed by atoms with Crippen molar-refractivity contribution in [3.05, 3.63) is 59.7 Å². The zero-order chi connectivity index (χ0) is 18.4. The molecule has 0 heterocycles. The van der Waals surface area contributed by atoms with Gasteiger partial charge in [-0.1, -0.05) is 31.2 Å². The molecule has 0 unspecified atom stereocenters. The summed E-state index contributed by atoms with van der Waals surface area (Å²) in [5.74, 6) is -0.354. The Kier molecular flexibility index (Phi) is 6.20. The van der Waals surface area contributed by atoms with E-state index in [1.54, 1.807) is 25.1 Å². The third-order valence-corrected chi connectivity index (χ3v) is 5.79. The number of sulfone groups is 1. The zero-order valence-electron chi connectivity index (χ0n) is 14.8. The number of benzene rings is 2. The van der Waals surface area contributed by atoms with Crippen LogP contribution in [0.4, 0.5) is 5.69 Å². The average molecular weight is 360 g/mol. The van der Waals surface area contributed by atoms with E-state index in [1.165, 1.54) is 6.07 Å². The molecule has 0 aromatic heterocycles. The lowest BCUT2D eigenvalue weighted by atomic mass is 10.1. The number of carbonyl (C=O) groups excluding carboxylic acids is 1. The lowest BCUT2D eigenvalue weighted by molar-refractivity contribution is 0.0947. The van der Waals surface area contributed by atoms with Gasteiger partial charge in [-0.2, -0.15) is 0 Å². The maximum absolute atomic E-state index is 12.5. The molecule has 0 bridgehead atoms. The predicted molar refractivity (Wildman–Crippen MR) is 101 cm³/mol. The van der Waals surface area contributed by atoms with Crippen LogP contribution >= 0.6 is 0 Å². The standard InChI is InChI=1S/C19H24N2O3S/c1-4-12-25(23,24)18-11-6-5-10-17(18)19(22)20-14-15-8-7-9-16(13-15)21(2)3/h5-11,13H,4,12,14H2,1-3H3,(H,20,22). The molecule has 0 atom stereocenters. The van der Waals surface area contributed by atoms with Gasteiger partial charge in [0.1, 0.15) is 0 Å². The number of anilines is 1. The molecule has 1 N–H and O–H groups in total. The molecule has 2 rings (SSSR count). The molecular formula is C19H24N2O3S. The highest BCUT2D eigenvalue weighted by molar-refractivity contribution is 7.91. The van der Waals surface area contributed by atoms with E-state index < -0.39 is 9.84 Å². The average Bonchev–Trinajstić information content (AvgIpc) is 2.60. The van der Waals surface area contributed by atoms with Crippen molar-refractivity contribution in [2.45, 2.75) is 24.8 Å². The number of amides is 1. The predicted octanol–water partition coefficient (Wildman–Crippen LogP) is 2.87. The SMILES string of the molecule is CCCS(=O)(=O)c1ccccc1C(=O)NCc1cccc(N(C)C)c1. The molecule has 0 fully saturated rings. The molecule has 25 heavy (non-hydrogen) atoms.